The Hall–Kier alpha value is -2.61. The third-order valence-corrected chi connectivity index (χ3v) is 4.25. The zero-order chi connectivity index (χ0) is 16.2. The van der Waals surface area contributed by atoms with E-state index in [2.05, 4.69) is 14.9 Å². The highest BCUT2D eigenvalue weighted by Crippen LogP contribution is 2.22. The fourth-order valence-corrected chi connectivity index (χ4v) is 2.92. The number of aromatic amines is 1. The van der Waals surface area contributed by atoms with Gasteiger partial charge in [-0.1, -0.05) is 42.7 Å². The summed E-state index contributed by atoms with van der Waals surface area (Å²) in [5, 5.41) is 9.34. The SMILES string of the molecule is Cc1ccc(-c2nc(N3CCCCCC3)[nH]c(=O)c2C#N)cc1. The molecule has 0 radical (unpaired) electrons. The summed E-state index contributed by atoms with van der Waals surface area (Å²) < 4.78 is 0. The predicted molar refractivity (Wildman–Crippen MR) is 90.4 cm³/mol. The number of hydrogen-bond donors (Lipinski definition) is 1. The highest BCUT2D eigenvalue weighted by atomic mass is 16.1. The summed E-state index contributed by atoms with van der Waals surface area (Å²) in [6, 6.07) is 9.73. The number of nitrogens with one attached hydrogen (secondary N) is 1. The van der Waals surface area contributed by atoms with Crippen molar-refractivity contribution in [2.45, 2.75) is 32.6 Å². The van der Waals surface area contributed by atoms with Gasteiger partial charge in [0.1, 0.15) is 11.6 Å². The minimum atomic E-state index is -0.364. The molecule has 1 aliphatic rings. The fraction of sp³-hybridized carbons (Fsp3) is 0.389. The smallest absolute Gasteiger partial charge is 0.270 e. The van der Waals surface area contributed by atoms with Crippen molar-refractivity contribution in [1.82, 2.24) is 9.97 Å². The Morgan fingerprint density at radius 3 is 2.39 bits per heavy atom. The molecule has 0 aliphatic carbocycles. The van der Waals surface area contributed by atoms with E-state index in [9.17, 15) is 10.1 Å². The molecule has 5 nitrogen and oxygen atoms in total. The second-order valence-corrected chi connectivity index (χ2v) is 5.99. The van der Waals surface area contributed by atoms with E-state index in [4.69, 9.17) is 0 Å². The zero-order valence-corrected chi connectivity index (χ0v) is 13.3. The van der Waals surface area contributed by atoms with Crippen LogP contribution in [0.4, 0.5) is 5.95 Å². The van der Waals surface area contributed by atoms with E-state index < -0.39 is 0 Å². The molecular formula is C18H20N4O. The van der Waals surface area contributed by atoms with Crippen molar-refractivity contribution in [2.24, 2.45) is 0 Å². The maximum Gasteiger partial charge on any atom is 0.270 e. The normalized spacial score (nSPS) is 15.0. The van der Waals surface area contributed by atoms with E-state index in [1.807, 2.05) is 37.3 Å². The molecule has 0 spiro atoms. The minimum absolute atomic E-state index is 0.0763. The van der Waals surface area contributed by atoms with Crippen molar-refractivity contribution < 1.29 is 0 Å². The van der Waals surface area contributed by atoms with Crippen molar-refractivity contribution in [3.8, 4) is 17.3 Å². The number of benzene rings is 1. The van der Waals surface area contributed by atoms with Crippen LogP contribution in [-0.2, 0) is 0 Å². The molecule has 1 N–H and O–H groups in total. The maximum atomic E-state index is 12.3. The molecule has 0 amide bonds. The van der Waals surface area contributed by atoms with Gasteiger partial charge < -0.3 is 4.90 Å². The number of anilines is 1. The molecule has 0 atom stereocenters. The van der Waals surface area contributed by atoms with Crippen LogP contribution in [0.3, 0.4) is 0 Å². The molecule has 2 heterocycles. The molecule has 5 heteroatoms. The summed E-state index contributed by atoms with van der Waals surface area (Å²) in [7, 11) is 0. The molecule has 0 bridgehead atoms. The van der Waals surface area contributed by atoms with Crippen molar-refractivity contribution in [3.63, 3.8) is 0 Å². The van der Waals surface area contributed by atoms with E-state index in [0.717, 1.165) is 37.1 Å². The second-order valence-electron chi connectivity index (χ2n) is 5.99. The molecule has 0 unspecified atom stereocenters. The van der Waals surface area contributed by atoms with Gasteiger partial charge in [-0.05, 0) is 19.8 Å². The Kier molecular flexibility index (Phi) is 4.42. The fourth-order valence-electron chi connectivity index (χ4n) is 2.92. The van der Waals surface area contributed by atoms with E-state index in [1.165, 1.54) is 12.8 Å². The quantitative estimate of drug-likeness (QED) is 0.925. The first-order valence-electron chi connectivity index (χ1n) is 8.05. The van der Waals surface area contributed by atoms with Crippen LogP contribution >= 0.6 is 0 Å². The molecule has 1 aromatic carbocycles. The monoisotopic (exact) mass is 308 g/mol. The van der Waals surface area contributed by atoms with E-state index >= 15 is 0 Å². The van der Waals surface area contributed by atoms with E-state index in [0.29, 0.717) is 11.6 Å². The van der Waals surface area contributed by atoms with Crippen LogP contribution in [-0.4, -0.2) is 23.1 Å². The number of hydrogen-bond acceptors (Lipinski definition) is 4. The van der Waals surface area contributed by atoms with Gasteiger partial charge in [0.25, 0.3) is 5.56 Å². The molecule has 1 saturated heterocycles. The largest absolute Gasteiger partial charge is 0.342 e. The number of aromatic nitrogens is 2. The molecule has 1 aliphatic heterocycles. The summed E-state index contributed by atoms with van der Waals surface area (Å²) in [5.41, 5.74) is 2.11. The topological polar surface area (TPSA) is 72.8 Å². The average Bonchev–Trinajstić information content (AvgIpc) is 2.84. The molecule has 23 heavy (non-hydrogen) atoms. The first-order chi connectivity index (χ1) is 11.2. The molecular weight excluding hydrogens is 288 g/mol. The van der Waals surface area contributed by atoms with Crippen molar-refractivity contribution >= 4 is 5.95 Å². The summed E-state index contributed by atoms with van der Waals surface area (Å²) in [4.78, 5) is 21.8. The van der Waals surface area contributed by atoms with Gasteiger partial charge in [-0.3, -0.25) is 9.78 Å². The Morgan fingerprint density at radius 2 is 1.78 bits per heavy atom. The lowest BCUT2D eigenvalue weighted by Crippen LogP contribution is -2.29. The Labute approximate surface area is 135 Å². The summed E-state index contributed by atoms with van der Waals surface area (Å²) in [5.74, 6) is 0.575. The number of nitriles is 1. The number of aryl methyl sites for hydroxylation is 1. The molecule has 2 aromatic rings. The van der Waals surface area contributed by atoms with Crippen molar-refractivity contribution in [2.75, 3.05) is 18.0 Å². The van der Waals surface area contributed by atoms with Gasteiger partial charge in [-0.2, -0.15) is 5.26 Å². The first-order valence-corrected chi connectivity index (χ1v) is 8.05. The number of H-pyrrole nitrogens is 1. The van der Waals surface area contributed by atoms with Crippen LogP contribution in [0.15, 0.2) is 29.1 Å². The Morgan fingerprint density at radius 1 is 1.13 bits per heavy atom. The van der Waals surface area contributed by atoms with Gasteiger partial charge in [-0.15, -0.1) is 0 Å². The molecule has 1 fully saturated rings. The van der Waals surface area contributed by atoms with E-state index in [-0.39, 0.29) is 11.1 Å². The third kappa shape index (κ3) is 3.26. The number of nitrogens with zero attached hydrogens (tertiary/aromatic N) is 3. The van der Waals surface area contributed by atoms with Crippen LogP contribution in [0, 0.1) is 18.3 Å². The predicted octanol–water partition coefficient (Wildman–Crippen LogP) is 3.00. The average molecular weight is 308 g/mol. The summed E-state index contributed by atoms with van der Waals surface area (Å²) >= 11 is 0. The Balaban J connectivity index is 2.08. The highest BCUT2D eigenvalue weighted by Gasteiger charge is 2.17. The van der Waals surface area contributed by atoms with Crippen LogP contribution in [0.25, 0.3) is 11.3 Å². The molecule has 118 valence electrons. The van der Waals surface area contributed by atoms with Crippen molar-refractivity contribution in [1.29, 1.82) is 5.26 Å². The number of rotatable bonds is 2. The zero-order valence-electron chi connectivity index (χ0n) is 13.3. The molecule has 0 saturated carbocycles. The highest BCUT2D eigenvalue weighted by molar-refractivity contribution is 5.67. The van der Waals surface area contributed by atoms with Crippen molar-refractivity contribution in [3.05, 3.63) is 45.7 Å². The second kappa shape index (κ2) is 6.66. The summed E-state index contributed by atoms with van der Waals surface area (Å²) in [6.07, 6.45) is 4.62. The van der Waals surface area contributed by atoms with Gasteiger partial charge in [0.2, 0.25) is 5.95 Å². The van der Waals surface area contributed by atoms with Gasteiger partial charge >= 0.3 is 0 Å². The van der Waals surface area contributed by atoms with Crippen LogP contribution in [0.1, 0.15) is 36.8 Å². The van der Waals surface area contributed by atoms with Crippen LogP contribution in [0.2, 0.25) is 0 Å². The molecule has 1 aromatic heterocycles. The lowest BCUT2D eigenvalue weighted by molar-refractivity contribution is 0.726. The van der Waals surface area contributed by atoms with Crippen LogP contribution in [0.5, 0.6) is 0 Å². The van der Waals surface area contributed by atoms with E-state index in [1.54, 1.807) is 0 Å². The van der Waals surface area contributed by atoms with Gasteiger partial charge in [0.05, 0.1) is 5.69 Å². The van der Waals surface area contributed by atoms with Crippen LogP contribution < -0.4 is 10.5 Å². The van der Waals surface area contributed by atoms with Gasteiger partial charge in [-0.25, -0.2) is 4.98 Å². The van der Waals surface area contributed by atoms with Gasteiger partial charge in [0, 0.05) is 18.7 Å². The maximum absolute atomic E-state index is 12.3. The van der Waals surface area contributed by atoms with Gasteiger partial charge in [0.15, 0.2) is 0 Å². The first kappa shape index (κ1) is 15.3. The third-order valence-electron chi connectivity index (χ3n) is 4.25. The Bertz CT molecular complexity index is 778. The summed E-state index contributed by atoms with van der Waals surface area (Å²) in [6.45, 7) is 3.78. The molecule has 3 rings (SSSR count). The lowest BCUT2D eigenvalue weighted by Gasteiger charge is -2.21. The standard InChI is InChI=1S/C18H20N4O/c1-13-6-8-14(9-7-13)16-15(12-19)17(23)21-18(20-16)22-10-4-2-3-5-11-22/h6-9H,2-5,10-11H2,1H3,(H,20,21,23). The minimum Gasteiger partial charge on any atom is -0.342 e. The lowest BCUT2D eigenvalue weighted by atomic mass is 10.1.